The number of sulfonamides is 1. The quantitative estimate of drug-likeness (QED) is 0.798. The van der Waals surface area contributed by atoms with Crippen molar-refractivity contribution in [2.24, 2.45) is 0 Å². The predicted octanol–water partition coefficient (Wildman–Crippen LogP) is 1.39. The third-order valence-corrected chi connectivity index (χ3v) is 4.85. The maximum absolute atomic E-state index is 12.1. The van der Waals surface area contributed by atoms with Crippen molar-refractivity contribution in [2.45, 2.75) is 37.7 Å². The van der Waals surface area contributed by atoms with Crippen LogP contribution in [-0.2, 0) is 27.1 Å². The van der Waals surface area contributed by atoms with E-state index in [-0.39, 0.29) is 11.9 Å². The van der Waals surface area contributed by atoms with Crippen molar-refractivity contribution in [1.82, 2.24) is 10.0 Å². The second kappa shape index (κ2) is 7.89. The van der Waals surface area contributed by atoms with Crippen molar-refractivity contribution in [3.05, 3.63) is 35.4 Å². The van der Waals surface area contributed by atoms with E-state index >= 15 is 0 Å². The molecule has 0 bridgehead atoms. The van der Waals surface area contributed by atoms with Crippen LogP contribution in [0.1, 0.15) is 30.4 Å². The second-order valence-electron chi connectivity index (χ2n) is 5.45. The Morgan fingerprint density at radius 2 is 2.10 bits per heavy atom. The highest BCUT2D eigenvalue weighted by atomic mass is 32.2. The van der Waals surface area contributed by atoms with Crippen molar-refractivity contribution in [3.8, 4) is 0 Å². The summed E-state index contributed by atoms with van der Waals surface area (Å²) in [7, 11) is -1.45. The smallest absolute Gasteiger partial charge is 0.215 e. The Bertz CT molecular complexity index is 540. The Kier molecular flexibility index (Phi) is 6.17. The number of ether oxygens (including phenoxy) is 1. The molecule has 0 saturated carbocycles. The zero-order valence-corrected chi connectivity index (χ0v) is 13.3. The average molecular weight is 312 g/mol. The van der Waals surface area contributed by atoms with E-state index in [0.717, 1.165) is 43.5 Å². The van der Waals surface area contributed by atoms with Gasteiger partial charge in [0, 0.05) is 19.7 Å². The van der Waals surface area contributed by atoms with Gasteiger partial charge in [0.1, 0.15) is 0 Å². The molecule has 0 radical (unpaired) electrons. The molecule has 1 atom stereocenters. The van der Waals surface area contributed by atoms with Gasteiger partial charge in [-0.05, 0) is 37.4 Å². The van der Waals surface area contributed by atoms with E-state index in [9.17, 15) is 8.42 Å². The number of rotatable bonds is 7. The van der Waals surface area contributed by atoms with Gasteiger partial charge in [-0.15, -0.1) is 0 Å². The van der Waals surface area contributed by atoms with Gasteiger partial charge in [0.25, 0.3) is 0 Å². The molecule has 118 valence electrons. The lowest BCUT2D eigenvalue weighted by Crippen LogP contribution is -2.36. The molecule has 1 aliphatic heterocycles. The van der Waals surface area contributed by atoms with Crippen LogP contribution in [0.3, 0.4) is 0 Å². The molecule has 2 N–H and O–H groups in total. The molecule has 5 nitrogen and oxygen atoms in total. The number of hydrogen-bond acceptors (Lipinski definition) is 4. The topological polar surface area (TPSA) is 67.4 Å². The molecule has 1 aromatic carbocycles. The van der Waals surface area contributed by atoms with Gasteiger partial charge in [0.05, 0.1) is 11.9 Å². The second-order valence-corrected chi connectivity index (χ2v) is 7.25. The van der Waals surface area contributed by atoms with Crippen LogP contribution in [0.2, 0.25) is 0 Å². The van der Waals surface area contributed by atoms with Crippen molar-refractivity contribution in [2.75, 3.05) is 20.2 Å². The van der Waals surface area contributed by atoms with Gasteiger partial charge >= 0.3 is 0 Å². The molecule has 0 aromatic heterocycles. The van der Waals surface area contributed by atoms with Crippen LogP contribution in [0.15, 0.2) is 24.3 Å². The highest BCUT2D eigenvalue weighted by Gasteiger charge is 2.18. The number of benzene rings is 1. The van der Waals surface area contributed by atoms with E-state index in [0.29, 0.717) is 6.54 Å². The van der Waals surface area contributed by atoms with E-state index in [1.807, 2.05) is 31.3 Å². The van der Waals surface area contributed by atoms with Gasteiger partial charge in [-0.2, -0.15) is 0 Å². The van der Waals surface area contributed by atoms with Crippen LogP contribution in [0.5, 0.6) is 0 Å². The molecule has 1 heterocycles. The molecule has 1 aliphatic rings. The molecular formula is C15H24N2O3S. The van der Waals surface area contributed by atoms with E-state index < -0.39 is 10.0 Å². The Morgan fingerprint density at radius 3 is 2.81 bits per heavy atom. The van der Waals surface area contributed by atoms with E-state index in [4.69, 9.17) is 4.74 Å². The monoisotopic (exact) mass is 312 g/mol. The molecule has 1 fully saturated rings. The van der Waals surface area contributed by atoms with E-state index in [2.05, 4.69) is 10.0 Å². The van der Waals surface area contributed by atoms with Gasteiger partial charge in [-0.1, -0.05) is 24.3 Å². The Balaban J connectivity index is 1.89. The van der Waals surface area contributed by atoms with Crippen molar-refractivity contribution in [3.63, 3.8) is 0 Å². The average Bonchev–Trinajstić information content (AvgIpc) is 2.47. The SMILES string of the molecule is CNCc1cccc(CS(=O)(=O)NCC2CCCCO2)c1. The van der Waals surface area contributed by atoms with Crippen LogP contribution in [0.4, 0.5) is 0 Å². The summed E-state index contributed by atoms with van der Waals surface area (Å²) >= 11 is 0. The minimum atomic E-state index is -3.32. The first-order valence-corrected chi connectivity index (χ1v) is 9.05. The minimum Gasteiger partial charge on any atom is -0.377 e. The maximum atomic E-state index is 12.1. The predicted molar refractivity (Wildman–Crippen MR) is 83.4 cm³/mol. The largest absolute Gasteiger partial charge is 0.377 e. The third kappa shape index (κ3) is 5.74. The number of nitrogens with one attached hydrogen (secondary N) is 2. The van der Waals surface area contributed by atoms with Crippen LogP contribution in [-0.4, -0.2) is 34.7 Å². The van der Waals surface area contributed by atoms with Gasteiger partial charge < -0.3 is 10.1 Å². The third-order valence-electron chi connectivity index (χ3n) is 3.53. The molecule has 1 aromatic rings. The van der Waals surface area contributed by atoms with Gasteiger partial charge in [0.15, 0.2) is 0 Å². The first-order valence-electron chi connectivity index (χ1n) is 7.40. The maximum Gasteiger partial charge on any atom is 0.215 e. The van der Waals surface area contributed by atoms with E-state index in [1.165, 1.54) is 0 Å². The summed E-state index contributed by atoms with van der Waals surface area (Å²) in [6, 6.07) is 7.64. The fourth-order valence-corrected chi connectivity index (χ4v) is 3.65. The Hall–Kier alpha value is -0.950. The standard InChI is InChI=1S/C15H24N2O3S/c1-16-10-13-5-4-6-14(9-13)12-21(18,19)17-11-15-7-2-3-8-20-15/h4-6,9,15-17H,2-3,7-8,10-12H2,1H3. The molecule has 21 heavy (non-hydrogen) atoms. The lowest BCUT2D eigenvalue weighted by atomic mass is 10.1. The first kappa shape index (κ1) is 16.4. The molecule has 6 heteroatoms. The van der Waals surface area contributed by atoms with Crippen LogP contribution >= 0.6 is 0 Å². The summed E-state index contributed by atoms with van der Waals surface area (Å²) in [6.45, 7) is 1.84. The molecule has 0 aliphatic carbocycles. The highest BCUT2D eigenvalue weighted by Crippen LogP contribution is 2.13. The zero-order valence-electron chi connectivity index (χ0n) is 12.5. The first-order chi connectivity index (χ1) is 10.1. The summed E-state index contributed by atoms with van der Waals surface area (Å²) in [6.07, 6.45) is 3.13. The van der Waals surface area contributed by atoms with Crippen molar-refractivity contribution < 1.29 is 13.2 Å². The molecule has 0 amide bonds. The summed E-state index contributed by atoms with van der Waals surface area (Å²) in [5.74, 6) is 0.0112. The lowest BCUT2D eigenvalue weighted by molar-refractivity contribution is 0.0200. The molecule has 1 saturated heterocycles. The van der Waals surface area contributed by atoms with Gasteiger partial charge in [-0.25, -0.2) is 13.1 Å². The van der Waals surface area contributed by atoms with E-state index in [1.54, 1.807) is 0 Å². The molecule has 0 spiro atoms. The zero-order chi connectivity index (χ0) is 15.1. The Morgan fingerprint density at radius 1 is 1.29 bits per heavy atom. The summed E-state index contributed by atoms with van der Waals surface area (Å²) in [5.41, 5.74) is 1.89. The molecule has 1 unspecified atom stereocenters. The summed E-state index contributed by atoms with van der Waals surface area (Å²) in [5, 5.41) is 3.06. The fourth-order valence-electron chi connectivity index (χ4n) is 2.49. The lowest BCUT2D eigenvalue weighted by Gasteiger charge is -2.22. The van der Waals surface area contributed by atoms with Gasteiger partial charge in [0.2, 0.25) is 10.0 Å². The van der Waals surface area contributed by atoms with Crippen molar-refractivity contribution >= 4 is 10.0 Å². The minimum absolute atomic E-state index is 0.0112. The summed E-state index contributed by atoms with van der Waals surface area (Å²) in [4.78, 5) is 0. The van der Waals surface area contributed by atoms with Gasteiger partial charge in [-0.3, -0.25) is 0 Å². The highest BCUT2D eigenvalue weighted by molar-refractivity contribution is 7.88. The molecule has 2 rings (SSSR count). The normalized spacial score (nSPS) is 19.6. The number of hydrogen-bond donors (Lipinski definition) is 2. The van der Waals surface area contributed by atoms with Crippen LogP contribution < -0.4 is 10.0 Å². The fraction of sp³-hybridized carbons (Fsp3) is 0.600. The van der Waals surface area contributed by atoms with Crippen molar-refractivity contribution in [1.29, 1.82) is 0 Å². The Labute approximate surface area is 127 Å². The molecular weight excluding hydrogens is 288 g/mol. The van der Waals surface area contributed by atoms with Crippen LogP contribution in [0, 0.1) is 0 Å². The summed E-state index contributed by atoms with van der Waals surface area (Å²) < 4.78 is 32.5. The van der Waals surface area contributed by atoms with Crippen LogP contribution in [0.25, 0.3) is 0 Å².